The molecule has 10 nitrogen and oxygen atoms in total. The van der Waals surface area contributed by atoms with E-state index in [4.69, 9.17) is 18.4 Å². The number of carbonyl (C=O) groups is 2. The summed E-state index contributed by atoms with van der Waals surface area (Å²) in [6.45, 7) is 15.6. The van der Waals surface area contributed by atoms with Crippen LogP contribution in [0.1, 0.15) is 141 Å². The first kappa shape index (κ1) is 43.7. The van der Waals surface area contributed by atoms with Crippen LogP contribution in [-0.4, -0.2) is 79.4 Å². The van der Waals surface area contributed by atoms with Crippen molar-refractivity contribution in [1.82, 2.24) is 15.0 Å². The highest BCUT2D eigenvalue weighted by Crippen LogP contribution is 2.66. The van der Waals surface area contributed by atoms with Crippen molar-refractivity contribution in [2.75, 3.05) is 33.9 Å². The molecule has 0 spiro atoms. The molecule has 1 aromatic heterocycles. The first-order valence-corrected chi connectivity index (χ1v) is 24.9. The summed E-state index contributed by atoms with van der Waals surface area (Å²) < 4.78 is 73.2. The zero-order valence-electron chi connectivity index (χ0n) is 36.9. The number of unbranched alkanes of at least 4 members (excludes halogenated alkanes) is 2. The van der Waals surface area contributed by atoms with Crippen molar-refractivity contribution in [1.29, 1.82) is 0 Å². The number of hydrogen-bond donors (Lipinski definition) is 1. The molecule has 0 bridgehead atoms. The molecule has 2 aromatic carbocycles. The van der Waals surface area contributed by atoms with E-state index in [1.807, 2.05) is 97.0 Å². The van der Waals surface area contributed by atoms with Gasteiger partial charge in [-0.1, -0.05) is 77.8 Å². The Bertz CT molecular complexity index is 2250. The smallest absolute Gasteiger partial charge is 0.416 e. The normalized spacial score (nSPS) is 26.0. The van der Waals surface area contributed by atoms with Gasteiger partial charge in [0, 0.05) is 35.6 Å². The number of halogens is 3. The molecule has 0 unspecified atom stereocenters. The lowest BCUT2D eigenvalue weighted by Crippen LogP contribution is -2.68. The van der Waals surface area contributed by atoms with Gasteiger partial charge >= 0.3 is 6.18 Å². The van der Waals surface area contributed by atoms with E-state index in [1.54, 1.807) is 0 Å². The Labute approximate surface area is 357 Å². The Kier molecular flexibility index (Phi) is 11.2. The third kappa shape index (κ3) is 6.80. The number of hydrogen-bond acceptors (Lipinski definition) is 10. The minimum Gasteiger partial charge on any atom is -0.507 e. The van der Waals surface area contributed by atoms with Gasteiger partial charge in [-0.25, -0.2) is 0 Å². The molecule has 61 heavy (non-hydrogen) atoms. The molecule has 0 radical (unpaired) electrons. The van der Waals surface area contributed by atoms with Crippen molar-refractivity contribution in [3.63, 3.8) is 0 Å². The summed E-state index contributed by atoms with van der Waals surface area (Å²) >= 11 is 0. The SMILES string of the molecule is CCCCOc1noc2c1C(=O)[C@@]1(O[Si](C)(C)C(C)(C)C)C(=O)C3=C(O)c4c(c(C(F)(F)F)c5c(c4OCCCC)[C@H]4[C@@H]5CCN4Cc4ccccc4)C[C@H]3C[C@H]1[C@@H]2N(C)C. The van der Waals surface area contributed by atoms with Crippen molar-refractivity contribution < 1.29 is 46.3 Å². The maximum atomic E-state index is 16.0. The predicted octanol–water partition coefficient (Wildman–Crippen LogP) is 10.4. The quantitative estimate of drug-likeness (QED) is 0.101. The summed E-state index contributed by atoms with van der Waals surface area (Å²) in [4.78, 5) is 35.5. The second-order valence-corrected chi connectivity index (χ2v) is 24.2. The van der Waals surface area contributed by atoms with E-state index in [0.717, 1.165) is 18.4 Å². The number of carbonyl (C=O) groups excluding carboxylic acids is 2. The molecule has 5 aliphatic rings. The standard InChI is InChI=1S/C47H60F3N3O7Si/c1-10-12-21-57-40-33-29(36(47(48,49)50)32-28-19-20-53(37(28)34(32)40)25-26-17-15-14-16-18-26)23-27-24-30-38(52(6)7)41-35(44(51-59-41)58-22-13-11-2)43(56)46(30,42(55)31(27)39(33)54)60-61(8,9)45(3,4)5/h14-18,27-28,30,37-38,54H,10-13,19-25H2,1-9H3/t27-,28+,30-,37+,38-,46-/m0/s1. The molecular formula is C47H60F3N3O7Si. The van der Waals surface area contributed by atoms with Gasteiger partial charge in [0.1, 0.15) is 17.1 Å². The molecule has 2 fully saturated rings. The van der Waals surface area contributed by atoms with E-state index in [1.165, 1.54) is 0 Å². The van der Waals surface area contributed by atoms with Crippen molar-refractivity contribution >= 4 is 25.6 Å². The average molecular weight is 864 g/mol. The lowest BCUT2D eigenvalue weighted by atomic mass is 9.56. The molecule has 4 aliphatic carbocycles. The van der Waals surface area contributed by atoms with Crippen LogP contribution in [0.3, 0.4) is 0 Å². The van der Waals surface area contributed by atoms with E-state index >= 15 is 22.8 Å². The van der Waals surface area contributed by atoms with Crippen molar-refractivity contribution in [2.24, 2.45) is 11.8 Å². The van der Waals surface area contributed by atoms with E-state index in [2.05, 4.69) is 10.1 Å². The zero-order valence-corrected chi connectivity index (χ0v) is 37.9. The van der Waals surface area contributed by atoms with Gasteiger partial charge in [0.05, 0.1) is 30.4 Å². The van der Waals surface area contributed by atoms with Gasteiger partial charge in [-0.15, -0.1) is 0 Å². The molecule has 1 N–H and O–H groups in total. The van der Waals surface area contributed by atoms with E-state index < -0.39 is 65.9 Å². The van der Waals surface area contributed by atoms with Crippen LogP contribution in [0.4, 0.5) is 13.2 Å². The molecule has 3 aromatic rings. The van der Waals surface area contributed by atoms with Crippen molar-refractivity contribution in [2.45, 2.75) is 134 Å². The topological polar surface area (TPSA) is 115 Å². The summed E-state index contributed by atoms with van der Waals surface area (Å²) in [5, 5.41) is 16.5. The van der Waals surface area contributed by atoms with Crippen molar-refractivity contribution in [3.05, 3.63) is 80.6 Å². The van der Waals surface area contributed by atoms with Gasteiger partial charge in [0.25, 0.3) is 5.88 Å². The molecule has 0 amide bonds. The number of ether oxygens (including phenoxy) is 2. The van der Waals surface area contributed by atoms with Gasteiger partial charge in [0.15, 0.2) is 19.7 Å². The minimum absolute atomic E-state index is 0.0222. The molecule has 1 saturated carbocycles. The van der Waals surface area contributed by atoms with Crippen LogP contribution in [0, 0.1) is 11.8 Å². The van der Waals surface area contributed by atoms with Crippen LogP contribution in [0.25, 0.3) is 5.76 Å². The number of likely N-dealkylation sites (tertiary alicyclic amines) is 1. The molecule has 6 atom stereocenters. The van der Waals surface area contributed by atoms with E-state index in [9.17, 15) is 5.11 Å². The third-order valence-corrected chi connectivity index (χ3v) is 18.9. The second kappa shape index (κ2) is 15.7. The number of Topliss-reactive ketones (excluding diaryl/α,β-unsaturated/α-hetero) is 2. The number of ketones is 2. The molecular weight excluding hydrogens is 804 g/mol. The summed E-state index contributed by atoms with van der Waals surface area (Å²) in [5.41, 5.74) is -1.36. The van der Waals surface area contributed by atoms with Gasteiger partial charge in [-0.3, -0.25) is 19.4 Å². The Morgan fingerprint density at radius 2 is 1.66 bits per heavy atom. The third-order valence-electron chi connectivity index (χ3n) is 14.5. The van der Waals surface area contributed by atoms with Crippen LogP contribution >= 0.6 is 0 Å². The first-order valence-electron chi connectivity index (χ1n) is 22.0. The Morgan fingerprint density at radius 3 is 2.28 bits per heavy atom. The van der Waals surface area contributed by atoms with Gasteiger partial charge in [-0.2, -0.15) is 13.2 Å². The lowest BCUT2D eigenvalue weighted by Gasteiger charge is -2.55. The Morgan fingerprint density at radius 1 is 0.984 bits per heavy atom. The fourth-order valence-electron chi connectivity index (χ4n) is 10.6. The Balaban J connectivity index is 1.36. The second-order valence-electron chi connectivity index (χ2n) is 19.5. The molecule has 2 heterocycles. The van der Waals surface area contributed by atoms with Crippen molar-refractivity contribution in [3.8, 4) is 11.6 Å². The Hall–Kier alpha value is -3.98. The monoisotopic (exact) mass is 863 g/mol. The van der Waals surface area contributed by atoms with Gasteiger partial charge in [-0.05, 0) is 98.6 Å². The van der Waals surface area contributed by atoms with Crippen LogP contribution in [0.15, 0.2) is 40.4 Å². The maximum absolute atomic E-state index is 16.0. The summed E-state index contributed by atoms with van der Waals surface area (Å²) in [5.74, 6) is -3.65. The minimum atomic E-state index is -4.75. The summed E-state index contributed by atoms with van der Waals surface area (Å²) in [6, 6.07) is 8.75. The summed E-state index contributed by atoms with van der Waals surface area (Å²) in [7, 11) is 0.601. The molecule has 1 saturated heterocycles. The number of alkyl halides is 3. The number of aromatic nitrogens is 1. The largest absolute Gasteiger partial charge is 0.507 e. The number of aliphatic hydroxyl groups is 1. The highest BCUT2D eigenvalue weighted by atomic mass is 28.4. The first-order chi connectivity index (χ1) is 28.8. The number of fused-ring (bicyclic) bond motifs is 8. The van der Waals surface area contributed by atoms with E-state index in [0.29, 0.717) is 37.9 Å². The number of rotatable bonds is 13. The van der Waals surface area contributed by atoms with Crippen LogP contribution in [0.2, 0.25) is 18.1 Å². The summed E-state index contributed by atoms with van der Waals surface area (Å²) in [6.07, 6.45) is -1.36. The number of nitrogens with zero attached hydrogens (tertiary/aromatic N) is 3. The fraction of sp³-hybridized carbons (Fsp3) is 0.596. The zero-order chi connectivity index (χ0) is 44.0. The van der Waals surface area contributed by atoms with Crippen LogP contribution in [-0.2, 0) is 28.4 Å². The molecule has 14 heteroatoms. The highest BCUT2D eigenvalue weighted by Gasteiger charge is 2.69. The van der Waals surface area contributed by atoms with Crippen LogP contribution < -0.4 is 9.47 Å². The lowest BCUT2D eigenvalue weighted by molar-refractivity contribution is -0.141. The highest BCUT2D eigenvalue weighted by molar-refractivity contribution is 6.74. The van der Waals surface area contributed by atoms with Gasteiger partial charge < -0.3 is 23.5 Å². The average Bonchev–Trinajstić information content (AvgIpc) is 3.75. The predicted molar refractivity (Wildman–Crippen MR) is 227 cm³/mol. The van der Waals surface area contributed by atoms with E-state index in [-0.39, 0.29) is 83.2 Å². The molecule has 8 rings (SSSR count). The number of benzene rings is 2. The van der Waals surface area contributed by atoms with Gasteiger partial charge in [0.2, 0.25) is 11.6 Å². The molecule has 330 valence electrons. The maximum Gasteiger partial charge on any atom is 0.416 e. The number of aliphatic hydroxyl groups excluding tert-OH is 1. The fourth-order valence-corrected chi connectivity index (χ4v) is 12.1. The molecule has 1 aliphatic heterocycles. The van der Waals surface area contributed by atoms with Crippen LogP contribution in [0.5, 0.6) is 11.6 Å².